The van der Waals surface area contributed by atoms with Crippen LogP contribution in [0.25, 0.3) is 0 Å². The Hall–Kier alpha value is -0.160. The Labute approximate surface area is 107 Å². The normalized spacial score (nSPS) is 10.9. The van der Waals surface area contributed by atoms with E-state index in [1.807, 2.05) is 0 Å². The molecule has 104 valence electrons. The molecule has 0 aromatic rings. The van der Waals surface area contributed by atoms with Gasteiger partial charge >= 0.3 is 0 Å². The Morgan fingerprint density at radius 2 is 0.941 bits per heavy atom. The van der Waals surface area contributed by atoms with E-state index in [0.29, 0.717) is 0 Å². The van der Waals surface area contributed by atoms with Crippen molar-refractivity contribution < 1.29 is 0 Å². The molecule has 0 amide bonds. The molecule has 0 aromatic heterocycles. The molecular weight excluding hydrogens is 212 g/mol. The fourth-order valence-corrected chi connectivity index (χ4v) is 1.78. The molecular formula is C13H32N4. The quantitative estimate of drug-likeness (QED) is 0.341. The summed E-state index contributed by atoms with van der Waals surface area (Å²) in [6.07, 6.45) is 8.91. The zero-order chi connectivity index (χ0) is 12.6. The summed E-state index contributed by atoms with van der Waals surface area (Å²) in [5.41, 5.74) is 10.8. The van der Waals surface area contributed by atoms with Crippen LogP contribution in [0.1, 0.15) is 44.9 Å². The van der Waals surface area contributed by atoms with Crippen molar-refractivity contribution in [3.63, 3.8) is 0 Å². The molecule has 0 unspecified atom stereocenters. The molecule has 17 heavy (non-hydrogen) atoms. The minimum Gasteiger partial charge on any atom is -0.330 e. The first-order valence-electron chi connectivity index (χ1n) is 7.23. The maximum absolute atomic E-state index is 5.44. The number of nitrogens with two attached hydrogens (primary N) is 2. The van der Waals surface area contributed by atoms with Crippen LogP contribution < -0.4 is 22.1 Å². The molecule has 6 N–H and O–H groups in total. The van der Waals surface area contributed by atoms with Crippen molar-refractivity contribution in [2.45, 2.75) is 44.9 Å². The van der Waals surface area contributed by atoms with Crippen molar-refractivity contribution >= 4 is 0 Å². The Morgan fingerprint density at radius 1 is 0.471 bits per heavy atom. The van der Waals surface area contributed by atoms with E-state index in [4.69, 9.17) is 11.5 Å². The van der Waals surface area contributed by atoms with Gasteiger partial charge < -0.3 is 22.1 Å². The highest BCUT2D eigenvalue weighted by molar-refractivity contribution is 4.53. The van der Waals surface area contributed by atoms with E-state index in [2.05, 4.69) is 10.6 Å². The highest BCUT2D eigenvalue weighted by Crippen LogP contribution is 1.97. The van der Waals surface area contributed by atoms with Crippen LogP contribution in [0, 0.1) is 0 Å². The van der Waals surface area contributed by atoms with Gasteiger partial charge in [-0.3, -0.25) is 0 Å². The monoisotopic (exact) mass is 244 g/mol. The predicted octanol–water partition coefficient (Wildman–Crippen LogP) is 0.814. The van der Waals surface area contributed by atoms with Crippen molar-refractivity contribution in [2.24, 2.45) is 11.5 Å². The summed E-state index contributed by atoms with van der Waals surface area (Å²) in [4.78, 5) is 0. The molecule has 0 saturated heterocycles. The van der Waals surface area contributed by atoms with E-state index >= 15 is 0 Å². The van der Waals surface area contributed by atoms with Crippen LogP contribution in [0.5, 0.6) is 0 Å². The molecule has 0 atom stereocenters. The number of nitrogens with one attached hydrogen (secondary N) is 2. The van der Waals surface area contributed by atoms with Gasteiger partial charge in [0.25, 0.3) is 0 Å². The van der Waals surface area contributed by atoms with Gasteiger partial charge in [-0.25, -0.2) is 0 Å². The van der Waals surface area contributed by atoms with Gasteiger partial charge in [0.15, 0.2) is 0 Å². The van der Waals surface area contributed by atoms with Crippen molar-refractivity contribution in [2.75, 3.05) is 39.3 Å². The first-order chi connectivity index (χ1) is 8.41. The van der Waals surface area contributed by atoms with Crippen molar-refractivity contribution in [3.8, 4) is 0 Å². The number of hydrogen-bond donors (Lipinski definition) is 4. The van der Waals surface area contributed by atoms with Crippen LogP contribution in [-0.4, -0.2) is 39.3 Å². The molecule has 0 aliphatic rings. The Bertz CT molecular complexity index is 117. The molecule has 0 radical (unpaired) electrons. The molecule has 0 rings (SSSR count). The lowest BCUT2D eigenvalue weighted by Gasteiger charge is -2.05. The maximum atomic E-state index is 5.44. The standard InChI is InChI=1S/C13H32N4/c14-8-4-1-2-5-10-16-11-6-3-7-12-17-13-9-15/h16-17H,1-15H2. The molecule has 0 spiro atoms. The van der Waals surface area contributed by atoms with Crippen LogP contribution in [0.4, 0.5) is 0 Å². The molecule has 0 fully saturated rings. The van der Waals surface area contributed by atoms with Crippen molar-refractivity contribution in [1.82, 2.24) is 10.6 Å². The van der Waals surface area contributed by atoms with Gasteiger partial charge in [-0.2, -0.15) is 0 Å². The van der Waals surface area contributed by atoms with Gasteiger partial charge in [0, 0.05) is 13.1 Å². The predicted molar refractivity (Wildman–Crippen MR) is 76.2 cm³/mol. The zero-order valence-electron chi connectivity index (χ0n) is 11.3. The summed E-state index contributed by atoms with van der Waals surface area (Å²) in [6, 6.07) is 0. The Kier molecular flexibility index (Phi) is 15.7. The summed E-state index contributed by atoms with van der Waals surface area (Å²) in [7, 11) is 0. The van der Waals surface area contributed by atoms with Gasteiger partial charge in [-0.15, -0.1) is 0 Å². The first-order valence-corrected chi connectivity index (χ1v) is 7.23. The average molecular weight is 244 g/mol. The molecule has 0 aliphatic heterocycles. The van der Waals surface area contributed by atoms with Crippen LogP contribution in [-0.2, 0) is 0 Å². The third-order valence-electron chi connectivity index (χ3n) is 2.84. The van der Waals surface area contributed by atoms with E-state index in [-0.39, 0.29) is 0 Å². The summed E-state index contributed by atoms with van der Waals surface area (Å²) in [5.74, 6) is 0. The number of unbranched alkanes of at least 4 members (excludes halogenated alkanes) is 5. The highest BCUT2D eigenvalue weighted by atomic mass is 14.9. The second kappa shape index (κ2) is 15.8. The second-order valence-corrected chi connectivity index (χ2v) is 4.55. The molecule has 0 saturated carbocycles. The lowest BCUT2D eigenvalue weighted by atomic mass is 10.2. The zero-order valence-corrected chi connectivity index (χ0v) is 11.3. The van der Waals surface area contributed by atoms with E-state index in [1.54, 1.807) is 0 Å². The average Bonchev–Trinajstić information content (AvgIpc) is 2.35. The van der Waals surface area contributed by atoms with E-state index < -0.39 is 0 Å². The van der Waals surface area contributed by atoms with Gasteiger partial charge in [-0.1, -0.05) is 19.3 Å². The maximum Gasteiger partial charge on any atom is 0.00745 e. The van der Waals surface area contributed by atoms with Gasteiger partial charge in [0.05, 0.1) is 0 Å². The fourth-order valence-electron chi connectivity index (χ4n) is 1.78. The Balaban J connectivity index is 2.85. The minimum atomic E-state index is 0.742. The van der Waals surface area contributed by atoms with Gasteiger partial charge in [-0.05, 0) is 51.9 Å². The third-order valence-corrected chi connectivity index (χ3v) is 2.84. The molecule has 4 nitrogen and oxygen atoms in total. The van der Waals surface area contributed by atoms with Crippen LogP contribution in [0.3, 0.4) is 0 Å². The molecule has 0 bridgehead atoms. The SMILES string of the molecule is NCCCCCCNCCCCCNCCN. The highest BCUT2D eigenvalue weighted by Gasteiger charge is 1.91. The molecule has 4 heteroatoms. The second-order valence-electron chi connectivity index (χ2n) is 4.55. The van der Waals surface area contributed by atoms with Crippen molar-refractivity contribution in [1.29, 1.82) is 0 Å². The fraction of sp³-hybridized carbons (Fsp3) is 1.00. The summed E-state index contributed by atoms with van der Waals surface area (Å²) >= 11 is 0. The lowest BCUT2D eigenvalue weighted by molar-refractivity contribution is 0.552. The van der Waals surface area contributed by atoms with E-state index in [0.717, 1.165) is 39.3 Å². The van der Waals surface area contributed by atoms with Gasteiger partial charge in [0.1, 0.15) is 0 Å². The largest absolute Gasteiger partial charge is 0.330 e. The van der Waals surface area contributed by atoms with Crippen LogP contribution in [0.2, 0.25) is 0 Å². The number of hydrogen-bond acceptors (Lipinski definition) is 4. The number of rotatable bonds is 14. The van der Waals surface area contributed by atoms with Crippen LogP contribution >= 0.6 is 0 Å². The molecule has 0 aliphatic carbocycles. The first kappa shape index (κ1) is 16.8. The minimum absolute atomic E-state index is 0.742. The topological polar surface area (TPSA) is 76.1 Å². The summed E-state index contributed by atoms with van der Waals surface area (Å²) in [5, 5.41) is 6.80. The van der Waals surface area contributed by atoms with Crippen molar-refractivity contribution in [3.05, 3.63) is 0 Å². The molecule has 0 aromatic carbocycles. The molecule has 0 heterocycles. The van der Waals surface area contributed by atoms with E-state index in [9.17, 15) is 0 Å². The van der Waals surface area contributed by atoms with Crippen LogP contribution in [0.15, 0.2) is 0 Å². The smallest absolute Gasteiger partial charge is 0.00745 e. The van der Waals surface area contributed by atoms with Gasteiger partial charge in [0.2, 0.25) is 0 Å². The Morgan fingerprint density at radius 3 is 1.47 bits per heavy atom. The summed E-state index contributed by atoms with van der Waals surface area (Å²) in [6.45, 7) is 5.96. The lowest BCUT2D eigenvalue weighted by Crippen LogP contribution is -2.23. The third kappa shape index (κ3) is 15.8. The van der Waals surface area contributed by atoms with E-state index in [1.165, 1.54) is 44.9 Å². The summed E-state index contributed by atoms with van der Waals surface area (Å²) < 4.78 is 0.